The number of ether oxygens (including phenoxy) is 2. The van der Waals surface area contributed by atoms with E-state index in [-0.39, 0.29) is 18.8 Å². The molecule has 0 radical (unpaired) electrons. The van der Waals surface area contributed by atoms with Crippen LogP contribution in [0.1, 0.15) is 69.4 Å². The molecule has 1 N–H and O–H groups in total. The Bertz CT molecular complexity index is 574. The Morgan fingerprint density at radius 1 is 1.21 bits per heavy atom. The summed E-state index contributed by atoms with van der Waals surface area (Å²) in [5, 5.41) is 3.16. The fourth-order valence-electron chi connectivity index (χ4n) is 3.54. The van der Waals surface area contributed by atoms with Gasteiger partial charge in [-0.2, -0.15) is 0 Å². The first-order valence-corrected chi connectivity index (χ1v) is 9.23. The molecule has 0 aromatic heterocycles. The van der Waals surface area contributed by atoms with E-state index >= 15 is 0 Å². The molecule has 1 aromatic carbocycles. The van der Waals surface area contributed by atoms with Crippen LogP contribution in [0, 0.1) is 5.92 Å². The lowest BCUT2D eigenvalue weighted by atomic mass is 9.90. The molecule has 0 bridgehead atoms. The zero-order valence-electron chi connectivity index (χ0n) is 15.0. The van der Waals surface area contributed by atoms with Gasteiger partial charge in [-0.25, -0.2) is 0 Å². The zero-order chi connectivity index (χ0) is 17.1. The van der Waals surface area contributed by atoms with E-state index in [2.05, 4.69) is 44.3 Å². The summed E-state index contributed by atoms with van der Waals surface area (Å²) >= 11 is 0. The minimum absolute atomic E-state index is 0.00880. The lowest BCUT2D eigenvalue weighted by Gasteiger charge is -2.21. The van der Waals surface area contributed by atoms with Crippen LogP contribution >= 0.6 is 0 Å². The van der Waals surface area contributed by atoms with Crippen molar-refractivity contribution in [2.45, 2.75) is 64.3 Å². The van der Waals surface area contributed by atoms with Crippen LogP contribution in [0.2, 0.25) is 0 Å². The average Bonchev–Trinajstić information content (AvgIpc) is 3.28. The predicted molar refractivity (Wildman–Crippen MR) is 94.3 cm³/mol. The van der Waals surface area contributed by atoms with Crippen molar-refractivity contribution in [3.05, 3.63) is 29.3 Å². The molecule has 0 spiro atoms. The highest BCUT2D eigenvalue weighted by atomic mass is 16.7. The largest absolute Gasteiger partial charge is 0.457 e. The number of carbonyl (C=O) groups excluding carboxylic acids is 1. The fraction of sp³-hybridized carbons (Fsp3) is 0.650. The van der Waals surface area contributed by atoms with Gasteiger partial charge in [-0.3, -0.25) is 4.79 Å². The second kappa shape index (κ2) is 7.56. The van der Waals surface area contributed by atoms with Gasteiger partial charge in [0.05, 0.1) is 0 Å². The molecule has 4 heteroatoms. The van der Waals surface area contributed by atoms with E-state index < -0.39 is 0 Å². The first-order valence-electron chi connectivity index (χ1n) is 9.23. The number of hydrogen-bond acceptors (Lipinski definition) is 4. The van der Waals surface area contributed by atoms with Crippen molar-refractivity contribution >= 4 is 5.97 Å². The van der Waals surface area contributed by atoms with Gasteiger partial charge in [0.2, 0.25) is 6.79 Å². The lowest BCUT2D eigenvalue weighted by molar-refractivity contribution is -0.152. The van der Waals surface area contributed by atoms with Crippen molar-refractivity contribution in [2.24, 2.45) is 5.92 Å². The zero-order valence-corrected chi connectivity index (χ0v) is 15.0. The van der Waals surface area contributed by atoms with Crippen molar-refractivity contribution in [3.63, 3.8) is 0 Å². The summed E-state index contributed by atoms with van der Waals surface area (Å²) in [6.45, 7) is 7.49. The molecule has 1 saturated carbocycles. The molecule has 1 aliphatic carbocycles. The molecule has 2 atom stereocenters. The van der Waals surface area contributed by atoms with E-state index in [1.807, 2.05) is 0 Å². The number of hydrogen-bond donors (Lipinski definition) is 1. The molecule has 24 heavy (non-hydrogen) atoms. The molecule has 132 valence electrons. The van der Waals surface area contributed by atoms with Crippen molar-refractivity contribution in [1.29, 1.82) is 0 Å². The Hall–Kier alpha value is -1.55. The third-order valence-electron chi connectivity index (χ3n) is 5.27. The Kier molecular flexibility index (Phi) is 5.44. The third-order valence-corrected chi connectivity index (χ3v) is 5.27. The van der Waals surface area contributed by atoms with Gasteiger partial charge in [0, 0.05) is 0 Å². The topological polar surface area (TPSA) is 47.6 Å². The monoisotopic (exact) mass is 331 g/mol. The molecule has 1 aliphatic heterocycles. The van der Waals surface area contributed by atoms with Gasteiger partial charge < -0.3 is 14.8 Å². The van der Waals surface area contributed by atoms with Crippen LogP contribution in [-0.4, -0.2) is 25.3 Å². The van der Waals surface area contributed by atoms with Gasteiger partial charge in [0.25, 0.3) is 0 Å². The molecule has 1 aromatic rings. The summed E-state index contributed by atoms with van der Waals surface area (Å²) < 4.78 is 11.3. The van der Waals surface area contributed by atoms with Gasteiger partial charge >= 0.3 is 5.97 Å². The number of benzene rings is 1. The summed E-state index contributed by atoms with van der Waals surface area (Å²) in [4.78, 5) is 12.0. The van der Waals surface area contributed by atoms with Gasteiger partial charge in [0.15, 0.2) is 0 Å². The Morgan fingerprint density at radius 3 is 2.58 bits per heavy atom. The standard InChI is InChI=1S/C20H29NO3/c1-13(2)16-6-4-7-17(14(3)15-9-10-15)19(16)23-12-24-20(22)18-8-5-11-21-18/h4,6-7,13-15,18,21H,5,8-12H2,1-3H3/t14-,18?/m1/s1. The van der Waals surface area contributed by atoms with Crippen LogP contribution in [-0.2, 0) is 9.53 Å². The van der Waals surface area contributed by atoms with Crippen LogP contribution < -0.4 is 10.1 Å². The SMILES string of the molecule is CC(C)c1cccc([C@H](C)C2CC2)c1OCOC(=O)C1CCCN1. The van der Waals surface area contributed by atoms with Crippen molar-refractivity contribution in [1.82, 2.24) is 5.32 Å². The summed E-state index contributed by atoms with van der Waals surface area (Å²) in [7, 11) is 0. The Morgan fingerprint density at radius 2 is 1.96 bits per heavy atom. The molecular formula is C20H29NO3. The molecule has 0 amide bonds. The summed E-state index contributed by atoms with van der Waals surface area (Å²) in [6.07, 6.45) is 4.48. The first kappa shape index (κ1) is 17.3. The molecule has 1 saturated heterocycles. The highest BCUT2D eigenvalue weighted by molar-refractivity contribution is 5.76. The van der Waals surface area contributed by atoms with Gasteiger partial charge in [-0.15, -0.1) is 0 Å². The van der Waals surface area contributed by atoms with Crippen LogP contribution in [0.25, 0.3) is 0 Å². The molecule has 1 heterocycles. The van der Waals surface area contributed by atoms with Crippen LogP contribution in [0.5, 0.6) is 5.75 Å². The van der Waals surface area contributed by atoms with Crippen molar-refractivity contribution in [3.8, 4) is 5.75 Å². The maximum Gasteiger partial charge on any atom is 0.326 e. The van der Waals surface area contributed by atoms with E-state index in [0.29, 0.717) is 11.8 Å². The van der Waals surface area contributed by atoms with E-state index in [1.54, 1.807) is 0 Å². The summed E-state index contributed by atoms with van der Waals surface area (Å²) in [6, 6.07) is 6.22. The number of esters is 1. The predicted octanol–water partition coefficient (Wildman–Crippen LogP) is 3.96. The number of rotatable bonds is 7. The smallest absolute Gasteiger partial charge is 0.326 e. The fourth-order valence-corrected chi connectivity index (χ4v) is 3.54. The molecule has 2 fully saturated rings. The number of para-hydroxylation sites is 1. The van der Waals surface area contributed by atoms with Crippen LogP contribution in [0.4, 0.5) is 0 Å². The van der Waals surface area contributed by atoms with Gasteiger partial charge in [0.1, 0.15) is 11.8 Å². The minimum atomic E-state index is -0.202. The second-order valence-electron chi connectivity index (χ2n) is 7.42. The normalized spacial score (nSPS) is 21.8. The van der Waals surface area contributed by atoms with E-state index in [1.165, 1.54) is 24.0 Å². The van der Waals surface area contributed by atoms with Gasteiger partial charge in [-0.05, 0) is 61.1 Å². The Balaban J connectivity index is 1.69. The molecule has 1 unspecified atom stereocenters. The highest BCUT2D eigenvalue weighted by Crippen LogP contribution is 2.46. The van der Waals surface area contributed by atoms with Gasteiger partial charge in [-0.1, -0.05) is 39.0 Å². The Labute approximate surface area is 144 Å². The van der Waals surface area contributed by atoms with E-state index in [0.717, 1.165) is 31.1 Å². The maximum absolute atomic E-state index is 12.0. The summed E-state index contributed by atoms with van der Waals surface area (Å²) in [5.74, 6) is 2.34. The van der Waals surface area contributed by atoms with Crippen molar-refractivity contribution in [2.75, 3.05) is 13.3 Å². The van der Waals surface area contributed by atoms with Crippen LogP contribution in [0.3, 0.4) is 0 Å². The maximum atomic E-state index is 12.0. The highest BCUT2D eigenvalue weighted by Gasteiger charge is 2.31. The third kappa shape index (κ3) is 3.92. The average molecular weight is 331 g/mol. The van der Waals surface area contributed by atoms with Crippen molar-refractivity contribution < 1.29 is 14.3 Å². The van der Waals surface area contributed by atoms with E-state index in [9.17, 15) is 4.79 Å². The quantitative estimate of drug-likeness (QED) is 0.607. The van der Waals surface area contributed by atoms with E-state index in [4.69, 9.17) is 9.47 Å². The molecule has 2 aliphatic rings. The molecular weight excluding hydrogens is 302 g/mol. The summed E-state index contributed by atoms with van der Waals surface area (Å²) in [5.41, 5.74) is 2.44. The number of carbonyl (C=O) groups is 1. The second-order valence-corrected chi connectivity index (χ2v) is 7.42. The first-order chi connectivity index (χ1) is 11.6. The number of nitrogens with one attached hydrogen (secondary N) is 1. The molecule has 4 nitrogen and oxygen atoms in total. The minimum Gasteiger partial charge on any atom is -0.457 e. The lowest BCUT2D eigenvalue weighted by Crippen LogP contribution is -2.33. The molecule has 3 rings (SSSR count). The van der Waals surface area contributed by atoms with Crippen LogP contribution in [0.15, 0.2) is 18.2 Å².